The lowest BCUT2D eigenvalue weighted by molar-refractivity contribution is 0.687. The van der Waals surface area contributed by atoms with Crippen molar-refractivity contribution in [2.45, 2.75) is 38.8 Å². The van der Waals surface area contributed by atoms with Crippen LogP contribution in [0, 0.1) is 0 Å². The molecule has 82 valence electrons. The standard InChI is InChI=1S/C12H19N3/c1-2-6-13-12-8-10(5-7-14-12)9-15-11-3-4-11/h5,7-8,11,15H,2-4,6,9H2,1H3,(H,13,14). The van der Waals surface area contributed by atoms with Crippen molar-refractivity contribution >= 4 is 5.82 Å². The summed E-state index contributed by atoms with van der Waals surface area (Å²) in [4.78, 5) is 4.28. The molecule has 0 aliphatic heterocycles. The summed E-state index contributed by atoms with van der Waals surface area (Å²) in [6.45, 7) is 4.12. The summed E-state index contributed by atoms with van der Waals surface area (Å²) >= 11 is 0. The normalized spacial score (nSPS) is 15.3. The van der Waals surface area contributed by atoms with Crippen molar-refractivity contribution in [2.24, 2.45) is 0 Å². The van der Waals surface area contributed by atoms with Gasteiger partial charge < -0.3 is 10.6 Å². The minimum atomic E-state index is 0.769. The first-order chi connectivity index (χ1) is 7.38. The Bertz CT molecular complexity index is 307. The van der Waals surface area contributed by atoms with Gasteiger partial charge in [0.2, 0.25) is 0 Å². The van der Waals surface area contributed by atoms with Crippen molar-refractivity contribution in [3.05, 3.63) is 23.9 Å². The second kappa shape index (κ2) is 5.12. The zero-order valence-corrected chi connectivity index (χ0v) is 9.29. The van der Waals surface area contributed by atoms with Crippen LogP contribution in [0.25, 0.3) is 0 Å². The van der Waals surface area contributed by atoms with Crippen molar-refractivity contribution < 1.29 is 0 Å². The Balaban J connectivity index is 1.85. The van der Waals surface area contributed by atoms with Crippen LogP contribution < -0.4 is 10.6 Å². The molecule has 3 nitrogen and oxygen atoms in total. The van der Waals surface area contributed by atoms with Crippen molar-refractivity contribution in [3.8, 4) is 0 Å². The molecule has 1 aliphatic carbocycles. The molecule has 0 saturated heterocycles. The fourth-order valence-corrected chi connectivity index (χ4v) is 1.48. The van der Waals surface area contributed by atoms with Gasteiger partial charge in [-0.05, 0) is 37.0 Å². The summed E-state index contributed by atoms with van der Waals surface area (Å²) in [6, 6.07) is 4.97. The summed E-state index contributed by atoms with van der Waals surface area (Å²) in [5.74, 6) is 0.993. The van der Waals surface area contributed by atoms with Gasteiger partial charge in [0.1, 0.15) is 5.82 Å². The predicted molar refractivity (Wildman–Crippen MR) is 62.9 cm³/mol. The Morgan fingerprint density at radius 1 is 1.47 bits per heavy atom. The van der Waals surface area contributed by atoms with Gasteiger partial charge >= 0.3 is 0 Å². The highest BCUT2D eigenvalue weighted by Crippen LogP contribution is 2.19. The molecular formula is C12H19N3. The van der Waals surface area contributed by atoms with Gasteiger partial charge in [0, 0.05) is 25.3 Å². The Labute approximate surface area is 91.3 Å². The quantitative estimate of drug-likeness (QED) is 0.747. The smallest absolute Gasteiger partial charge is 0.126 e. The maximum Gasteiger partial charge on any atom is 0.126 e. The Hall–Kier alpha value is -1.09. The van der Waals surface area contributed by atoms with Gasteiger partial charge in [0.25, 0.3) is 0 Å². The van der Waals surface area contributed by atoms with Crippen LogP contribution in [0.3, 0.4) is 0 Å². The van der Waals surface area contributed by atoms with Crippen molar-refractivity contribution in [2.75, 3.05) is 11.9 Å². The first kappa shape index (κ1) is 10.4. The number of hydrogen-bond donors (Lipinski definition) is 2. The Kier molecular flexibility index (Phi) is 3.56. The number of anilines is 1. The highest BCUT2D eigenvalue weighted by atomic mass is 15.0. The zero-order chi connectivity index (χ0) is 10.5. The van der Waals surface area contributed by atoms with Crippen LogP contribution in [0.1, 0.15) is 31.7 Å². The van der Waals surface area contributed by atoms with E-state index < -0.39 is 0 Å². The third-order valence-electron chi connectivity index (χ3n) is 2.55. The van der Waals surface area contributed by atoms with Crippen LogP contribution in [0.2, 0.25) is 0 Å². The van der Waals surface area contributed by atoms with E-state index in [9.17, 15) is 0 Å². The van der Waals surface area contributed by atoms with Crippen LogP contribution in [-0.4, -0.2) is 17.6 Å². The summed E-state index contributed by atoms with van der Waals surface area (Å²) in [6.07, 6.45) is 5.69. The van der Waals surface area contributed by atoms with Gasteiger partial charge in [-0.2, -0.15) is 0 Å². The molecule has 3 heteroatoms. The van der Waals surface area contributed by atoms with E-state index in [1.807, 2.05) is 6.20 Å². The average molecular weight is 205 g/mol. The summed E-state index contributed by atoms with van der Waals surface area (Å²) < 4.78 is 0. The first-order valence-corrected chi connectivity index (χ1v) is 5.80. The maximum absolute atomic E-state index is 4.28. The molecule has 0 radical (unpaired) electrons. The summed E-state index contributed by atoms with van der Waals surface area (Å²) in [5, 5.41) is 6.80. The molecule has 1 aromatic rings. The third-order valence-corrected chi connectivity index (χ3v) is 2.55. The number of hydrogen-bond acceptors (Lipinski definition) is 3. The lowest BCUT2D eigenvalue weighted by atomic mass is 10.2. The van der Waals surface area contributed by atoms with E-state index in [0.29, 0.717) is 0 Å². The van der Waals surface area contributed by atoms with Crippen LogP contribution >= 0.6 is 0 Å². The minimum Gasteiger partial charge on any atom is -0.370 e. The molecule has 0 spiro atoms. The lowest BCUT2D eigenvalue weighted by Gasteiger charge is -2.06. The van der Waals surface area contributed by atoms with Crippen LogP contribution in [0.15, 0.2) is 18.3 Å². The number of nitrogens with one attached hydrogen (secondary N) is 2. The lowest BCUT2D eigenvalue weighted by Crippen LogP contribution is -2.15. The molecule has 2 N–H and O–H groups in total. The van der Waals surface area contributed by atoms with E-state index in [4.69, 9.17) is 0 Å². The van der Waals surface area contributed by atoms with Crippen molar-refractivity contribution in [1.82, 2.24) is 10.3 Å². The van der Waals surface area contributed by atoms with Gasteiger partial charge in [-0.15, -0.1) is 0 Å². The molecule has 1 aliphatic rings. The molecule has 15 heavy (non-hydrogen) atoms. The van der Waals surface area contributed by atoms with Crippen molar-refractivity contribution in [1.29, 1.82) is 0 Å². The van der Waals surface area contributed by atoms with Crippen LogP contribution in [0.4, 0.5) is 5.82 Å². The second-order valence-corrected chi connectivity index (χ2v) is 4.13. The van der Waals surface area contributed by atoms with E-state index in [0.717, 1.165) is 31.4 Å². The zero-order valence-electron chi connectivity index (χ0n) is 9.29. The maximum atomic E-state index is 4.28. The number of rotatable bonds is 6. The van der Waals surface area contributed by atoms with Gasteiger partial charge in [-0.3, -0.25) is 0 Å². The Morgan fingerprint density at radius 2 is 2.33 bits per heavy atom. The van der Waals surface area contributed by atoms with E-state index in [1.165, 1.54) is 18.4 Å². The topological polar surface area (TPSA) is 37.0 Å². The van der Waals surface area contributed by atoms with Crippen molar-refractivity contribution in [3.63, 3.8) is 0 Å². The minimum absolute atomic E-state index is 0.769. The highest BCUT2D eigenvalue weighted by Gasteiger charge is 2.19. The van der Waals surface area contributed by atoms with Crippen LogP contribution in [-0.2, 0) is 6.54 Å². The molecular weight excluding hydrogens is 186 g/mol. The molecule has 0 bridgehead atoms. The van der Waals surface area contributed by atoms with E-state index >= 15 is 0 Å². The summed E-state index contributed by atoms with van der Waals surface area (Å²) in [5.41, 5.74) is 1.32. The molecule has 1 aromatic heterocycles. The number of pyridine rings is 1. The van der Waals surface area contributed by atoms with Gasteiger partial charge in [-0.1, -0.05) is 6.92 Å². The predicted octanol–water partition coefficient (Wildman–Crippen LogP) is 2.16. The summed E-state index contributed by atoms with van der Waals surface area (Å²) in [7, 11) is 0. The van der Waals surface area contributed by atoms with E-state index in [2.05, 4.69) is 34.7 Å². The molecule has 1 fully saturated rings. The monoisotopic (exact) mass is 205 g/mol. The van der Waals surface area contributed by atoms with Gasteiger partial charge in [0.15, 0.2) is 0 Å². The fourth-order valence-electron chi connectivity index (χ4n) is 1.48. The number of aromatic nitrogens is 1. The molecule has 0 atom stereocenters. The second-order valence-electron chi connectivity index (χ2n) is 4.13. The molecule has 0 unspecified atom stereocenters. The molecule has 0 aromatic carbocycles. The average Bonchev–Trinajstić information content (AvgIpc) is 3.08. The third kappa shape index (κ3) is 3.51. The Morgan fingerprint density at radius 3 is 3.07 bits per heavy atom. The largest absolute Gasteiger partial charge is 0.370 e. The SMILES string of the molecule is CCCNc1cc(CNC2CC2)ccn1. The van der Waals surface area contributed by atoms with E-state index in [-0.39, 0.29) is 0 Å². The molecule has 1 heterocycles. The number of nitrogens with zero attached hydrogens (tertiary/aromatic N) is 1. The fraction of sp³-hybridized carbons (Fsp3) is 0.583. The molecule has 2 rings (SSSR count). The van der Waals surface area contributed by atoms with Crippen LogP contribution in [0.5, 0.6) is 0 Å². The first-order valence-electron chi connectivity index (χ1n) is 5.80. The molecule has 0 amide bonds. The highest BCUT2D eigenvalue weighted by molar-refractivity contribution is 5.37. The van der Waals surface area contributed by atoms with E-state index in [1.54, 1.807) is 0 Å². The molecule has 1 saturated carbocycles. The van der Waals surface area contributed by atoms with Gasteiger partial charge in [-0.25, -0.2) is 4.98 Å². The van der Waals surface area contributed by atoms with Gasteiger partial charge in [0.05, 0.1) is 0 Å².